The van der Waals surface area contributed by atoms with Crippen LogP contribution in [0.4, 0.5) is 11.4 Å². The molecule has 2 heterocycles. The maximum atomic E-state index is 12.5. The lowest BCUT2D eigenvalue weighted by molar-refractivity contribution is -0.111. The molecule has 2 aromatic carbocycles. The van der Waals surface area contributed by atoms with Gasteiger partial charge in [-0.15, -0.1) is 0 Å². The number of carbonyl (C=O) groups is 3. The summed E-state index contributed by atoms with van der Waals surface area (Å²) >= 11 is 0. The summed E-state index contributed by atoms with van der Waals surface area (Å²) in [6, 6.07) is 16.7. The van der Waals surface area contributed by atoms with Gasteiger partial charge in [-0.25, -0.2) is 4.90 Å². The van der Waals surface area contributed by atoms with E-state index in [1.54, 1.807) is 66.7 Å². The van der Waals surface area contributed by atoms with Gasteiger partial charge in [0.2, 0.25) is 5.91 Å². The summed E-state index contributed by atoms with van der Waals surface area (Å²) < 4.78 is 5.12. The van der Waals surface area contributed by atoms with Crippen molar-refractivity contribution in [2.24, 2.45) is 0 Å². The summed E-state index contributed by atoms with van der Waals surface area (Å²) in [5, 5.41) is 2.71. The van der Waals surface area contributed by atoms with Gasteiger partial charge in [0.1, 0.15) is 5.76 Å². The highest BCUT2D eigenvalue weighted by Gasteiger charge is 2.36. The van der Waals surface area contributed by atoms with Gasteiger partial charge < -0.3 is 9.73 Å². The average molecular weight is 358 g/mol. The average Bonchev–Trinajstić information content (AvgIpc) is 3.29. The van der Waals surface area contributed by atoms with Gasteiger partial charge in [0.05, 0.1) is 23.1 Å². The Balaban J connectivity index is 1.48. The van der Waals surface area contributed by atoms with Crippen molar-refractivity contribution in [1.82, 2.24) is 0 Å². The second kappa shape index (κ2) is 6.76. The lowest BCUT2D eigenvalue weighted by Crippen LogP contribution is -2.29. The highest BCUT2D eigenvalue weighted by Crippen LogP contribution is 2.28. The second-order valence-corrected chi connectivity index (χ2v) is 5.88. The summed E-state index contributed by atoms with van der Waals surface area (Å²) in [6.45, 7) is 0. The van der Waals surface area contributed by atoms with Crippen LogP contribution in [0.15, 0.2) is 77.4 Å². The fourth-order valence-electron chi connectivity index (χ4n) is 2.85. The van der Waals surface area contributed by atoms with Crippen LogP contribution in [0, 0.1) is 0 Å². The standard InChI is InChI=1S/C21H14N2O4/c24-19(12-11-16-4-3-13-27-16)22-14-7-9-15(10-8-14)23-20(25)17-5-1-2-6-18(17)21(23)26/h1-13H,(H,22,24)/b12-11+. The molecule has 1 aliphatic rings. The van der Waals surface area contributed by atoms with Crippen molar-refractivity contribution in [3.63, 3.8) is 0 Å². The quantitative estimate of drug-likeness (QED) is 0.569. The molecule has 0 radical (unpaired) electrons. The van der Waals surface area contributed by atoms with Gasteiger partial charge in [-0.3, -0.25) is 14.4 Å². The minimum absolute atomic E-state index is 0.320. The minimum Gasteiger partial charge on any atom is -0.465 e. The molecule has 0 aliphatic carbocycles. The molecular formula is C21H14N2O4. The van der Waals surface area contributed by atoms with Gasteiger partial charge in [0.15, 0.2) is 0 Å². The lowest BCUT2D eigenvalue weighted by atomic mass is 10.1. The predicted molar refractivity (Wildman–Crippen MR) is 100 cm³/mol. The second-order valence-electron chi connectivity index (χ2n) is 5.88. The Bertz CT molecular complexity index is 1020. The molecule has 0 saturated heterocycles. The Hall–Kier alpha value is -3.93. The fraction of sp³-hybridized carbons (Fsp3) is 0. The first kappa shape index (κ1) is 16.5. The first-order chi connectivity index (χ1) is 13.1. The van der Waals surface area contributed by atoms with E-state index in [4.69, 9.17) is 4.42 Å². The highest BCUT2D eigenvalue weighted by molar-refractivity contribution is 6.34. The van der Waals surface area contributed by atoms with Crippen LogP contribution in [-0.2, 0) is 4.79 Å². The topological polar surface area (TPSA) is 79.6 Å². The van der Waals surface area contributed by atoms with Crippen molar-refractivity contribution in [1.29, 1.82) is 0 Å². The molecule has 1 aliphatic heterocycles. The maximum absolute atomic E-state index is 12.5. The van der Waals surface area contributed by atoms with E-state index in [0.29, 0.717) is 28.3 Å². The van der Waals surface area contributed by atoms with E-state index in [-0.39, 0.29) is 17.7 Å². The molecule has 3 amide bonds. The monoisotopic (exact) mass is 358 g/mol. The van der Waals surface area contributed by atoms with Crippen molar-refractivity contribution in [3.8, 4) is 0 Å². The number of nitrogens with zero attached hydrogens (tertiary/aromatic N) is 1. The van der Waals surface area contributed by atoms with E-state index < -0.39 is 0 Å². The number of hydrogen-bond acceptors (Lipinski definition) is 4. The van der Waals surface area contributed by atoms with Crippen molar-refractivity contribution in [3.05, 3.63) is 89.9 Å². The summed E-state index contributed by atoms with van der Waals surface area (Å²) in [5.74, 6) is -0.450. The molecule has 6 heteroatoms. The molecule has 0 saturated carbocycles. The third-order valence-corrected chi connectivity index (χ3v) is 4.13. The molecule has 1 N–H and O–H groups in total. The molecule has 3 aromatic rings. The third-order valence-electron chi connectivity index (χ3n) is 4.13. The number of amides is 3. The van der Waals surface area contributed by atoms with Crippen LogP contribution >= 0.6 is 0 Å². The zero-order valence-electron chi connectivity index (χ0n) is 14.1. The summed E-state index contributed by atoms with van der Waals surface area (Å²) in [5.41, 5.74) is 1.78. The van der Waals surface area contributed by atoms with Crippen LogP contribution in [0.5, 0.6) is 0 Å². The molecule has 0 bridgehead atoms. The molecule has 0 unspecified atom stereocenters. The fourth-order valence-corrected chi connectivity index (χ4v) is 2.85. The van der Waals surface area contributed by atoms with Crippen molar-refractivity contribution in [2.75, 3.05) is 10.2 Å². The molecule has 27 heavy (non-hydrogen) atoms. The summed E-state index contributed by atoms with van der Waals surface area (Å²) in [4.78, 5) is 38.0. The highest BCUT2D eigenvalue weighted by atomic mass is 16.3. The zero-order chi connectivity index (χ0) is 18.8. The number of carbonyl (C=O) groups excluding carboxylic acids is 3. The van der Waals surface area contributed by atoms with E-state index >= 15 is 0 Å². The van der Waals surface area contributed by atoms with Gasteiger partial charge in [-0.1, -0.05) is 12.1 Å². The van der Waals surface area contributed by atoms with Crippen LogP contribution in [0.1, 0.15) is 26.5 Å². The largest absolute Gasteiger partial charge is 0.465 e. The van der Waals surface area contributed by atoms with Gasteiger partial charge in [-0.05, 0) is 54.6 Å². The molecule has 1 aromatic heterocycles. The van der Waals surface area contributed by atoms with Crippen LogP contribution < -0.4 is 10.2 Å². The van der Waals surface area contributed by atoms with Crippen LogP contribution in [-0.4, -0.2) is 17.7 Å². The predicted octanol–water partition coefficient (Wildman–Crippen LogP) is 3.73. The van der Waals surface area contributed by atoms with E-state index in [1.807, 2.05) is 0 Å². The molecule has 132 valence electrons. The number of rotatable bonds is 4. The number of furan rings is 1. The molecular weight excluding hydrogens is 344 g/mol. The van der Waals surface area contributed by atoms with Crippen LogP contribution in [0.25, 0.3) is 6.08 Å². The van der Waals surface area contributed by atoms with Crippen LogP contribution in [0.3, 0.4) is 0 Å². The Morgan fingerprint density at radius 2 is 1.56 bits per heavy atom. The number of imide groups is 1. The number of hydrogen-bond donors (Lipinski definition) is 1. The minimum atomic E-state index is -0.353. The van der Waals surface area contributed by atoms with E-state index in [1.165, 1.54) is 12.3 Å². The smallest absolute Gasteiger partial charge is 0.266 e. The number of anilines is 2. The molecule has 0 spiro atoms. The Labute approximate surface area is 154 Å². The number of benzene rings is 2. The summed E-state index contributed by atoms with van der Waals surface area (Å²) in [7, 11) is 0. The maximum Gasteiger partial charge on any atom is 0.266 e. The molecule has 4 rings (SSSR count). The lowest BCUT2D eigenvalue weighted by Gasteiger charge is -2.14. The first-order valence-electron chi connectivity index (χ1n) is 8.24. The molecule has 6 nitrogen and oxygen atoms in total. The van der Waals surface area contributed by atoms with Gasteiger partial charge in [0.25, 0.3) is 11.8 Å². The summed E-state index contributed by atoms with van der Waals surface area (Å²) in [6.07, 6.45) is 4.44. The zero-order valence-corrected chi connectivity index (χ0v) is 14.1. The molecule has 0 fully saturated rings. The first-order valence-corrected chi connectivity index (χ1v) is 8.24. The van der Waals surface area contributed by atoms with Crippen molar-refractivity contribution >= 4 is 35.2 Å². The van der Waals surface area contributed by atoms with Crippen LogP contribution in [0.2, 0.25) is 0 Å². The van der Waals surface area contributed by atoms with Gasteiger partial charge in [0, 0.05) is 11.8 Å². The normalized spacial score (nSPS) is 13.3. The SMILES string of the molecule is O=C(/C=C/c1ccco1)Nc1ccc(N2C(=O)c3ccccc3C2=O)cc1. The number of fused-ring (bicyclic) bond motifs is 1. The van der Waals surface area contributed by atoms with E-state index in [2.05, 4.69) is 5.32 Å². The van der Waals surface area contributed by atoms with E-state index in [0.717, 1.165) is 4.90 Å². The van der Waals surface area contributed by atoms with E-state index in [9.17, 15) is 14.4 Å². The Morgan fingerprint density at radius 3 is 2.15 bits per heavy atom. The van der Waals surface area contributed by atoms with Crippen molar-refractivity contribution in [2.45, 2.75) is 0 Å². The molecule has 0 atom stereocenters. The van der Waals surface area contributed by atoms with Gasteiger partial charge in [-0.2, -0.15) is 0 Å². The third kappa shape index (κ3) is 3.16. The Kier molecular flexibility index (Phi) is 4.14. The van der Waals surface area contributed by atoms with Gasteiger partial charge >= 0.3 is 0 Å². The van der Waals surface area contributed by atoms with Crippen molar-refractivity contribution < 1.29 is 18.8 Å². The number of nitrogens with one attached hydrogen (secondary N) is 1. The Morgan fingerprint density at radius 1 is 0.889 bits per heavy atom.